The second-order valence-corrected chi connectivity index (χ2v) is 7.57. The molecule has 2 aliphatic carbocycles. The molecule has 1 atom stereocenters. The number of nitrogens with two attached hydrogens (primary N) is 1. The summed E-state index contributed by atoms with van der Waals surface area (Å²) >= 11 is 0. The van der Waals surface area contributed by atoms with Crippen molar-refractivity contribution in [2.75, 3.05) is 18.1 Å². The molecule has 6 heteroatoms. The number of rotatable bonds is 4. The van der Waals surface area contributed by atoms with Gasteiger partial charge in [-0.1, -0.05) is 6.07 Å². The minimum atomic E-state index is -0.818. The molecule has 0 amide bonds. The van der Waals surface area contributed by atoms with Crippen LogP contribution in [0.5, 0.6) is 0 Å². The van der Waals surface area contributed by atoms with Crippen molar-refractivity contribution < 1.29 is 4.21 Å². The lowest BCUT2D eigenvalue weighted by atomic mass is 10.1. The molecule has 1 unspecified atom stereocenters. The van der Waals surface area contributed by atoms with Crippen molar-refractivity contribution in [3.8, 4) is 0 Å². The predicted octanol–water partition coefficient (Wildman–Crippen LogP) is 2.43. The zero-order chi connectivity index (χ0) is 14.2. The number of halogens is 1. The standard InChI is InChI=1S/C15H21N3OS.HI/c1-20(19)15(7-8-15)10-17-14(16)18-13-6-5-11-3-2-4-12(11)9-13;/h5-6,9H,2-4,7-8,10H2,1H3,(H3,16,17,18);1H. The number of benzene rings is 1. The van der Waals surface area contributed by atoms with Crippen molar-refractivity contribution in [3.05, 3.63) is 29.3 Å². The summed E-state index contributed by atoms with van der Waals surface area (Å²) in [6, 6.07) is 6.38. The molecule has 4 nitrogen and oxygen atoms in total. The Hall–Kier alpha value is -0.630. The molecular weight excluding hydrogens is 397 g/mol. The first-order chi connectivity index (χ1) is 9.59. The van der Waals surface area contributed by atoms with E-state index in [9.17, 15) is 4.21 Å². The Balaban J connectivity index is 0.00000161. The minimum Gasteiger partial charge on any atom is -0.370 e. The van der Waals surface area contributed by atoms with Crippen LogP contribution in [0.4, 0.5) is 5.69 Å². The van der Waals surface area contributed by atoms with Crippen LogP contribution in [0.15, 0.2) is 23.2 Å². The minimum absolute atomic E-state index is 0. The van der Waals surface area contributed by atoms with Crippen LogP contribution in [0.2, 0.25) is 0 Å². The summed E-state index contributed by atoms with van der Waals surface area (Å²) < 4.78 is 11.5. The number of anilines is 1. The molecule has 2 aliphatic rings. The van der Waals surface area contributed by atoms with Crippen LogP contribution in [0.1, 0.15) is 30.4 Å². The van der Waals surface area contributed by atoms with E-state index in [0.717, 1.165) is 24.9 Å². The molecule has 0 radical (unpaired) electrons. The van der Waals surface area contributed by atoms with Crippen LogP contribution < -0.4 is 11.1 Å². The Morgan fingerprint density at radius 1 is 1.38 bits per heavy atom. The van der Waals surface area contributed by atoms with Gasteiger partial charge in [0.05, 0.1) is 11.3 Å². The van der Waals surface area contributed by atoms with E-state index in [0.29, 0.717) is 12.5 Å². The summed E-state index contributed by atoms with van der Waals surface area (Å²) in [5.41, 5.74) is 9.78. The van der Waals surface area contributed by atoms with Gasteiger partial charge in [-0.25, -0.2) is 0 Å². The topological polar surface area (TPSA) is 67.5 Å². The van der Waals surface area contributed by atoms with Gasteiger partial charge in [-0.15, -0.1) is 24.0 Å². The molecule has 0 heterocycles. The molecule has 116 valence electrons. The van der Waals surface area contributed by atoms with E-state index >= 15 is 0 Å². The molecule has 0 spiro atoms. The summed E-state index contributed by atoms with van der Waals surface area (Å²) in [6.45, 7) is 0.555. The highest BCUT2D eigenvalue weighted by Gasteiger charge is 2.46. The molecule has 1 saturated carbocycles. The van der Waals surface area contributed by atoms with E-state index in [1.165, 1.54) is 24.0 Å². The van der Waals surface area contributed by atoms with Gasteiger partial charge < -0.3 is 11.1 Å². The molecular formula is C15H22IN3OS. The summed E-state index contributed by atoms with van der Waals surface area (Å²) in [6.07, 6.45) is 7.32. The largest absolute Gasteiger partial charge is 0.370 e. The average molecular weight is 419 g/mol. The van der Waals surface area contributed by atoms with Gasteiger partial charge in [0.2, 0.25) is 0 Å². The Morgan fingerprint density at radius 2 is 2.10 bits per heavy atom. The first kappa shape index (κ1) is 16.7. The van der Waals surface area contributed by atoms with E-state index in [-0.39, 0.29) is 28.7 Å². The van der Waals surface area contributed by atoms with Crippen molar-refractivity contribution in [3.63, 3.8) is 0 Å². The smallest absolute Gasteiger partial charge is 0.193 e. The van der Waals surface area contributed by atoms with Crippen LogP contribution in [-0.4, -0.2) is 27.7 Å². The van der Waals surface area contributed by atoms with Gasteiger partial charge in [0, 0.05) is 22.7 Å². The number of aliphatic imine (C=N–C) groups is 1. The van der Waals surface area contributed by atoms with E-state index in [4.69, 9.17) is 5.73 Å². The lowest BCUT2D eigenvalue weighted by molar-refractivity contribution is 0.672. The summed E-state index contributed by atoms with van der Waals surface area (Å²) in [7, 11) is -0.818. The van der Waals surface area contributed by atoms with Gasteiger partial charge in [-0.2, -0.15) is 0 Å². The molecule has 0 saturated heterocycles. The third kappa shape index (κ3) is 3.77. The number of hydrogen-bond acceptors (Lipinski definition) is 2. The molecule has 21 heavy (non-hydrogen) atoms. The quantitative estimate of drug-likeness (QED) is 0.448. The zero-order valence-electron chi connectivity index (χ0n) is 12.2. The van der Waals surface area contributed by atoms with Gasteiger partial charge in [0.25, 0.3) is 0 Å². The summed E-state index contributed by atoms with van der Waals surface area (Å²) in [5.74, 6) is 0.416. The fraction of sp³-hybridized carbons (Fsp3) is 0.533. The Kier molecular flexibility index (Phi) is 5.29. The van der Waals surface area contributed by atoms with Gasteiger partial charge >= 0.3 is 0 Å². The Bertz CT molecular complexity index is 584. The van der Waals surface area contributed by atoms with Crippen LogP contribution in [0.3, 0.4) is 0 Å². The van der Waals surface area contributed by atoms with Crippen molar-refractivity contribution in [2.24, 2.45) is 10.7 Å². The van der Waals surface area contributed by atoms with Crippen molar-refractivity contribution >= 4 is 46.4 Å². The van der Waals surface area contributed by atoms with Crippen molar-refractivity contribution in [1.29, 1.82) is 0 Å². The first-order valence-corrected chi connectivity index (χ1v) is 8.67. The van der Waals surface area contributed by atoms with Crippen LogP contribution in [0, 0.1) is 0 Å². The number of fused-ring (bicyclic) bond motifs is 1. The third-order valence-corrected chi connectivity index (χ3v) is 6.08. The van der Waals surface area contributed by atoms with Crippen molar-refractivity contribution in [2.45, 2.75) is 36.9 Å². The van der Waals surface area contributed by atoms with E-state index in [1.54, 1.807) is 6.26 Å². The van der Waals surface area contributed by atoms with E-state index in [2.05, 4.69) is 28.5 Å². The molecule has 1 aromatic carbocycles. The second kappa shape index (κ2) is 6.64. The fourth-order valence-corrected chi connectivity index (χ4v) is 3.67. The number of nitrogens with one attached hydrogen (secondary N) is 1. The lowest BCUT2D eigenvalue weighted by Gasteiger charge is -2.11. The predicted molar refractivity (Wildman–Crippen MR) is 100 cm³/mol. The molecule has 0 aromatic heterocycles. The highest BCUT2D eigenvalue weighted by molar-refractivity contribution is 14.0. The maximum absolute atomic E-state index is 11.6. The third-order valence-electron chi connectivity index (χ3n) is 4.33. The highest BCUT2D eigenvalue weighted by atomic mass is 127. The molecule has 1 aromatic rings. The van der Waals surface area contributed by atoms with Gasteiger partial charge in [0.1, 0.15) is 0 Å². The summed E-state index contributed by atoms with van der Waals surface area (Å²) in [4.78, 5) is 4.36. The number of hydrogen-bond donors (Lipinski definition) is 2. The Labute approximate surface area is 145 Å². The normalized spacial score (nSPS) is 20.3. The van der Waals surface area contributed by atoms with E-state index in [1.807, 2.05) is 0 Å². The number of nitrogens with zero attached hydrogens (tertiary/aromatic N) is 1. The molecule has 3 rings (SSSR count). The Morgan fingerprint density at radius 3 is 2.76 bits per heavy atom. The molecule has 0 aliphatic heterocycles. The average Bonchev–Trinajstić information content (AvgIpc) is 3.08. The first-order valence-electron chi connectivity index (χ1n) is 7.11. The van der Waals surface area contributed by atoms with Gasteiger partial charge in [-0.05, 0) is 55.4 Å². The molecule has 1 fully saturated rings. The van der Waals surface area contributed by atoms with Crippen molar-refractivity contribution in [1.82, 2.24) is 0 Å². The fourth-order valence-electron chi connectivity index (χ4n) is 2.74. The second-order valence-electron chi connectivity index (χ2n) is 5.80. The monoisotopic (exact) mass is 419 g/mol. The molecule has 0 bridgehead atoms. The van der Waals surface area contributed by atoms with Gasteiger partial charge in [-0.3, -0.25) is 9.20 Å². The molecule has 3 N–H and O–H groups in total. The van der Waals surface area contributed by atoms with Gasteiger partial charge in [0.15, 0.2) is 5.96 Å². The van der Waals surface area contributed by atoms with Crippen LogP contribution in [-0.2, 0) is 23.6 Å². The SMILES string of the molecule is CS(=O)C1(CN=C(N)Nc2ccc3c(c2)CCC3)CC1.I. The highest BCUT2D eigenvalue weighted by Crippen LogP contribution is 2.41. The summed E-state index contributed by atoms with van der Waals surface area (Å²) in [5, 5.41) is 3.14. The van der Waals surface area contributed by atoms with Crippen LogP contribution >= 0.6 is 24.0 Å². The number of aryl methyl sites for hydroxylation is 2. The number of guanidine groups is 1. The zero-order valence-corrected chi connectivity index (χ0v) is 15.4. The maximum Gasteiger partial charge on any atom is 0.193 e. The van der Waals surface area contributed by atoms with E-state index < -0.39 is 10.8 Å². The lowest BCUT2D eigenvalue weighted by Crippen LogP contribution is -2.27. The van der Waals surface area contributed by atoms with Crippen LogP contribution in [0.25, 0.3) is 0 Å². The maximum atomic E-state index is 11.6.